The van der Waals surface area contributed by atoms with Gasteiger partial charge in [-0.3, -0.25) is 4.79 Å². The summed E-state index contributed by atoms with van der Waals surface area (Å²) in [6, 6.07) is 7.48. The molecule has 90 valence electrons. The second kappa shape index (κ2) is 5.48. The molecule has 0 saturated heterocycles. The van der Waals surface area contributed by atoms with Gasteiger partial charge in [0.25, 0.3) is 0 Å². The lowest BCUT2D eigenvalue weighted by Gasteiger charge is -2.00. The first-order valence-corrected chi connectivity index (χ1v) is 5.95. The molecule has 0 unspecified atom stereocenters. The minimum atomic E-state index is -0.00231. The van der Waals surface area contributed by atoms with Gasteiger partial charge in [0.2, 0.25) is 5.91 Å². The Morgan fingerprint density at radius 1 is 1.35 bits per heavy atom. The summed E-state index contributed by atoms with van der Waals surface area (Å²) >= 11 is 0. The van der Waals surface area contributed by atoms with E-state index in [4.69, 9.17) is 4.52 Å². The molecule has 0 radical (unpaired) electrons. The number of hydrogen-bond acceptors (Lipinski definition) is 3. The van der Waals surface area contributed by atoms with Crippen molar-refractivity contribution in [2.75, 3.05) is 5.32 Å². The SMILES string of the molecule is CCCCCC(=O)Nc1noc2ccccc12. The summed E-state index contributed by atoms with van der Waals surface area (Å²) in [4.78, 5) is 11.6. The predicted octanol–water partition coefficient (Wildman–Crippen LogP) is 3.35. The number of anilines is 1. The van der Waals surface area contributed by atoms with Crippen molar-refractivity contribution in [2.45, 2.75) is 32.6 Å². The fourth-order valence-electron chi connectivity index (χ4n) is 1.71. The maximum Gasteiger partial charge on any atom is 0.225 e. The maximum atomic E-state index is 11.6. The number of unbranched alkanes of at least 4 members (excludes halogenated alkanes) is 2. The van der Waals surface area contributed by atoms with Crippen molar-refractivity contribution in [1.29, 1.82) is 0 Å². The second-order valence-electron chi connectivity index (χ2n) is 4.03. The van der Waals surface area contributed by atoms with Crippen molar-refractivity contribution < 1.29 is 9.32 Å². The lowest BCUT2D eigenvalue weighted by atomic mass is 10.2. The highest BCUT2D eigenvalue weighted by molar-refractivity contribution is 5.98. The molecule has 0 fully saturated rings. The monoisotopic (exact) mass is 232 g/mol. The van der Waals surface area contributed by atoms with Gasteiger partial charge in [0.15, 0.2) is 11.4 Å². The van der Waals surface area contributed by atoms with E-state index in [1.54, 1.807) is 0 Å². The van der Waals surface area contributed by atoms with E-state index in [1.165, 1.54) is 0 Å². The molecule has 0 spiro atoms. The van der Waals surface area contributed by atoms with Crippen LogP contribution in [0.5, 0.6) is 0 Å². The Balaban J connectivity index is 2.01. The molecule has 0 saturated carbocycles. The molecule has 0 aliphatic rings. The zero-order valence-corrected chi connectivity index (χ0v) is 9.90. The van der Waals surface area contributed by atoms with Gasteiger partial charge in [0.1, 0.15) is 0 Å². The highest BCUT2D eigenvalue weighted by Gasteiger charge is 2.09. The molecule has 0 atom stereocenters. The fourth-order valence-corrected chi connectivity index (χ4v) is 1.71. The van der Waals surface area contributed by atoms with Crippen molar-refractivity contribution >= 4 is 22.7 Å². The number of nitrogens with one attached hydrogen (secondary N) is 1. The summed E-state index contributed by atoms with van der Waals surface area (Å²) in [5.41, 5.74) is 0.691. The Morgan fingerprint density at radius 3 is 3.00 bits per heavy atom. The number of rotatable bonds is 5. The van der Waals surface area contributed by atoms with Gasteiger partial charge in [-0.1, -0.05) is 37.1 Å². The third kappa shape index (κ3) is 2.84. The normalized spacial score (nSPS) is 10.6. The highest BCUT2D eigenvalue weighted by atomic mass is 16.5. The van der Waals surface area contributed by atoms with Gasteiger partial charge in [-0.25, -0.2) is 0 Å². The average molecular weight is 232 g/mol. The Hall–Kier alpha value is -1.84. The second-order valence-corrected chi connectivity index (χ2v) is 4.03. The van der Waals surface area contributed by atoms with Gasteiger partial charge in [0.05, 0.1) is 5.39 Å². The summed E-state index contributed by atoms with van der Waals surface area (Å²) in [6.45, 7) is 2.11. The number of hydrogen-bond donors (Lipinski definition) is 1. The topological polar surface area (TPSA) is 55.1 Å². The predicted molar refractivity (Wildman–Crippen MR) is 66.8 cm³/mol. The van der Waals surface area contributed by atoms with E-state index in [0.29, 0.717) is 17.8 Å². The molecule has 2 rings (SSSR count). The average Bonchev–Trinajstić information content (AvgIpc) is 2.73. The number of carbonyl (C=O) groups excluding carboxylic acids is 1. The summed E-state index contributed by atoms with van der Waals surface area (Å²) in [5, 5.41) is 7.48. The molecular formula is C13H16N2O2. The quantitative estimate of drug-likeness (QED) is 0.804. The molecular weight excluding hydrogens is 216 g/mol. The lowest BCUT2D eigenvalue weighted by Crippen LogP contribution is -2.11. The minimum absolute atomic E-state index is 0.00231. The highest BCUT2D eigenvalue weighted by Crippen LogP contribution is 2.22. The Kier molecular flexibility index (Phi) is 3.75. The van der Waals surface area contributed by atoms with E-state index in [1.807, 2.05) is 24.3 Å². The first-order valence-electron chi connectivity index (χ1n) is 5.95. The van der Waals surface area contributed by atoms with Crippen molar-refractivity contribution in [3.8, 4) is 0 Å². The molecule has 1 amide bonds. The van der Waals surface area contributed by atoms with Crippen molar-refractivity contribution in [3.05, 3.63) is 24.3 Å². The molecule has 1 aromatic carbocycles. The van der Waals surface area contributed by atoms with Crippen LogP contribution >= 0.6 is 0 Å². The van der Waals surface area contributed by atoms with Crippen molar-refractivity contribution in [3.63, 3.8) is 0 Å². The molecule has 1 aromatic heterocycles. The van der Waals surface area contributed by atoms with Crippen LogP contribution in [0.25, 0.3) is 11.0 Å². The molecule has 2 aromatic rings. The Bertz CT molecular complexity index is 505. The molecule has 0 bridgehead atoms. The van der Waals surface area contributed by atoms with E-state index in [-0.39, 0.29) is 5.91 Å². The van der Waals surface area contributed by atoms with Crippen LogP contribution in [-0.4, -0.2) is 11.1 Å². The van der Waals surface area contributed by atoms with E-state index < -0.39 is 0 Å². The summed E-state index contributed by atoms with van der Waals surface area (Å²) in [6.07, 6.45) is 3.64. The molecule has 1 N–H and O–H groups in total. The summed E-state index contributed by atoms with van der Waals surface area (Å²) in [7, 11) is 0. The van der Waals surface area contributed by atoms with Crippen molar-refractivity contribution in [1.82, 2.24) is 5.16 Å². The van der Waals surface area contributed by atoms with E-state index >= 15 is 0 Å². The van der Waals surface area contributed by atoms with Gasteiger partial charge in [-0.05, 0) is 18.6 Å². The first kappa shape index (κ1) is 11.6. The lowest BCUT2D eigenvalue weighted by molar-refractivity contribution is -0.116. The van der Waals surface area contributed by atoms with Crippen LogP contribution in [0.1, 0.15) is 32.6 Å². The molecule has 4 heteroatoms. The fraction of sp³-hybridized carbons (Fsp3) is 0.385. The number of fused-ring (bicyclic) bond motifs is 1. The smallest absolute Gasteiger partial charge is 0.225 e. The largest absolute Gasteiger partial charge is 0.354 e. The van der Waals surface area contributed by atoms with Crippen LogP contribution in [0, 0.1) is 0 Å². The van der Waals surface area contributed by atoms with Crippen LogP contribution in [-0.2, 0) is 4.79 Å². The summed E-state index contributed by atoms with van der Waals surface area (Å²) in [5.74, 6) is 0.514. The third-order valence-electron chi connectivity index (χ3n) is 2.64. The number of aromatic nitrogens is 1. The molecule has 1 heterocycles. The summed E-state index contributed by atoms with van der Waals surface area (Å²) < 4.78 is 5.11. The molecule has 0 aliphatic carbocycles. The van der Waals surface area contributed by atoms with Gasteiger partial charge in [-0.15, -0.1) is 0 Å². The van der Waals surface area contributed by atoms with Crippen LogP contribution in [0.4, 0.5) is 5.82 Å². The number of amides is 1. The Labute approximate surface area is 100.0 Å². The van der Waals surface area contributed by atoms with E-state index in [0.717, 1.165) is 24.6 Å². The van der Waals surface area contributed by atoms with Gasteiger partial charge in [0, 0.05) is 6.42 Å². The standard InChI is InChI=1S/C13H16N2O2/c1-2-3-4-9-12(16)14-13-10-7-5-6-8-11(10)17-15-13/h5-8H,2-4,9H2,1H3,(H,14,15,16). The third-order valence-corrected chi connectivity index (χ3v) is 2.64. The number of nitrogens with zero attached hydrogens (tertiary/aromatic N) is 1. The number of benzene rings is 1. The molecule has 4 nitrogen and oxygen atoms in total. The minimum Gasteiger partial charge on any atom is -0.354 e. The Morgan fingerprint density at radius 2 is 2.18 bits per heavy atom. The van der Waals surface area contributed by atoms with Crippen LogP contribution < -0.4 is 5.32 Å². The van der Waals surface area contributed by atoms with Crippen molar-refractivity contribution in [2.24, 2.45) is 0 Å². The van der Waals surface area contributed by atoms with Gasteiger partial charge < -0.3 is 9.84 Å². The van der Waals surface area contributed by atoms with Crippen LogP contribution in [0.2, 0.25) is 0 Å². The number of para-hydroxylation sites is 1. The van der Waals surface area contributed by atoms with Crippen LogP contribution in [0.3, 0.4) is 0 Å². The van der Waals surface area contributed by atoms with Crippen LogP contribution in [0.15, 0.2) is 28.8 Å². The zero-order valence-electron chi connectivity index (χ0n) is 9.90. The van der Waals surface area contributed by atoms with E-state index in [2.05, 4.69) is 17.4 Å². The zero-order chi connectivity index (χ0) is 12.1. The molecule has 0 aliphatic heterocycles. The van der Waals surface area contributed by atoms with Gasteiger partial charge >= 0.3 is 0 Å². The maximum absolute atomic E-state index is 11.6. The van der Waals surface area contributed by atoms with Gasteiger partial charge in [-0.2, -0.15) is 0 Å². The van der Waals surface area contributed by atoms with E-state index in [9.17, 15) is 4.79 Å². The number of carbonyl (C=O) groups is 1. The molecule has 17 heavy (non-hydrogen) atoms. The first-order chi connectivity index (χ1) is 8.31.